The van der Waals surface area contributed by atoms with Gasteiger partial charge in [0.05, 0.1) is 45.0 Å². The minimum Gasteiger partial charge on any atom is -0.307 e. The Labute approximate surface area is 674 Å². The molecule has 4 aromatic carbocycles. The summed E-state index contributed by atoms with van der Waals surface area (Å²) in [7, 11) is 0. The molecule has 8 heteroatoms. The number of nitrogens with zero attached hydrogens (tertiary/aromatic N) is 4. The Morgan fingerprint density at radius 2 is 0.427 bits per heavy atom. The van der Waals surface area contributed by atoms with Gasteiger partial charge in [0.2, 0.25) is 0 Å². The molecule has 8 rings (SSSR count). The van der Waals surface area contributed by atoms with Crippen molar-refractivity contribution in [2.24, 2.45) is 11.8 Å². The highest BCUT2D eigenvalue weighted by Crippen LogP contribution is 2.54. The fourth-order valence-electron chi connectivity index (χ4n) is 19.0. The van der Waals surface area contributed by atoms with Gasteiger partial charge in [-0.15, -0.1) is 0 Å². The van der Waals surface area contributed by atoms with Crippen molar-refractivity contribution in [3.05, 3.63) is 95.1 Å². The van der Waals surface area contributed by atoms with Gasteiger partial charge in [-0.2, -0.15) is 0 Å². The average Bonchev–Trinajstić information content (AvgIpc) is 1.54. The van der Waals surface area contributed by atoms with E-state index in [0.29, 0.717) is 60.3 Å². The number of hydrogen-bond donors (Lipinski definition) is 0. The lowest BCUT2D eigenvalue weighted by molar-refractivity contribution is -0.114. The minimum absolute atomic E-state index is 0.0438. The van der Waals surface area contributed by atoms with Crippen molar-refractivity contribution < 1.29 is 19.2 Å². The Balaban J connectivity index is 1.15. The summed E-state index contributed by atoms with van der Waals surface area (Å²) in [5, 5.41) is 1.86. The third kappa shape index (κ3) is 27.9. The van der Waals surface area contributed by atoms with E-state index in [9.17, 15) is 0 Å². The molecule has 4 heterocycles. The first-order chi connectivity index (χ1) is 54.2. The summed E-state index contributed by atoms with van der Waals surface area (Å²) in [6.45, 7) is 16.2. The largest absolute Gasteiger partial charge is 0.307 e. The van der Waals surface area contributed by atoms with Crippen molar-refractivity contribution in [2.45, 2.75) is 427 Å². The topological polar surface area (TPSA) is 81.2 Å². The Morgan fingerprint density at radius 1 is 0.218 bits per heavy atom. The summed E-state index contributed by atoms with van der Waals surface area (Å²) >= 11 is 0. The number of benzene rings is 4. The van der Waals surface area contributed by atoms with Gasteiger partial charge in [0.1, 0.15) is 0 Å². The van der Waals surface area contributed by atoms with Crippen molar-refractivity contribution in [1.29, 1.82) is 0 Å². The van der Waals surface area contributed by atoms with Crippen LogP contribution in [-0.4, -0.2) is 49.8 Å². The van der Waals surface area contributed by atoms with Crippen LogP contribution in [0.25, 0.3) is 33.1 Å². The third-order valence-corrected chi connectivity index (χ3v) is 25.7. The molecule has 4 amide bonds. The molecule has 0 aromatic heterocycles. The Bertz CT molecular complexity index is 3140. The van der Waals surface area contributed by atoms with Gasteiger partial charge in [0.15, 0.2) is 0 Å². The van der Waals surface area contributed by atoms with Crippen molar-refractivity contribution in [3.8, 4) is 0 Å². The second-order valence-electron chi connectivity index (χ2n) is 34.9. The van der Waals surface area contributed by atoms with E-state index in [1.165, 1.54) is 321 Å². The molecule has 8 nitrogen and oxygen atoms in total. The van der Waals surface area contributed by atoms with Crippen LogP contribution in [0.4, 0.5) is 22.7 Å². The number of amides is 4. The van der Waals surface area contributed by atoms with Gasteiger partial charge in [-0.25, -0.2) is 0 Å². The molecule has 2 atom stereocenters. The van der Waals surface area contributed by atoms with E-state index in [1.54, 1.807) is 0 Å². The van der Waals surface area contributed by atoms with Crippen LogP contribution in [0.15, 0.2) is 72.8 Å². The quantitative estimate of drug-likeness (QED) is 0.0326. The average molecular weight is 1510 g/mol. The minimum atomic E-state index is -0.0898. The monoisotopic (exact) mass is 1510 g/mol. The molecule has 0 N–H and O–H groups in total. The lowest BCUT2D eigenvalue weighted by atomic mass is 9.92. The molecule has 4 aliphatic heterocycles. The Hall–Kier alpha value is -5.50. The van der Waals surface area contributed by atoms with Crippen LogP contribution < -0.4 is 19.6 Å². The lowest BCUT2D eigenvalue weighted by Gasteiger charge is -2.25. The van der Waals surface area contributed by atoms with Crippen molar-refractivity contribution in [3.63, 3.8) is 0 Å². The molecule has 110 heavy (non-hydrogen) atoms. The Morgan fingerprint density at radius 3 is 0.682 bits per heavy atom. The number of unbranched alkanes of at least 4 members (excludes halogenated alkanes) is 50. The molecular formula is C102H160N4O4. The molecular weight excluding hydrogens is 1350 g/mol. The predicted octanol–water partition coefficient (Wildman–Crippen LogP) is 30.8. The Kier molecular flexibility index (Phi) is 43.8. The second-order valence-corrected chi connectivity index (χ2v) is 34.9. The van der Waals surface area contributed by atoms with Gasteiger partial charge in [0.25, 0.3) is 23.6 Å². The van der Waals surface area contributed by atoms with Gasteiger partial charge in [-0.05, 0) is 62.5 Å². The molecule has 0 bridgehead atoms. The summed E-state index contributed by atoms with van der Waals surface area (Å²) in [6.07, 6.45) is 75.2. The zero-order valence-corrected chi connectivity index (χ0v) is 71.8. The number of rotatable bonds is 66. The van der Waals surface area contributed by atoms with Gasteiger partial charge in [-0.3, -0.25) is 19.2 Å². The lowest BCUT2D eigenvalue weighted by Crippen LogP contribution is -2.33. The van der Waals surface area contributed by atoms with Gasteiger partial charge < -0.3 is 19.6 Å². The molecule has 0 radical (unpaired) electrons. The number of hydrogen-bond acceptors (Lipinski definition) is 4. The summed E-state index contributed by atoms with van der Waals surface area (Å²) < 4.78 is 0. The predicted molar refractivity (Wildman–Crippen MR) is 478 cm³/mol. The normalized spacial score (nSPS) is 15.9. The van der Waals surface area contributed by atoms with E-state index in [0.717, 1.165) is 120 Å². The summed E-state index contributed by atoms with van der Waals surface area (Å²) in [5.41, 5.74) is 9.06. The first kappa shape index (κ1) is 90.0. The highest BCUT2D eigenvalue weighted by atomic mass is 16.2. The zero-order valence-electron chi connectivity index (χ0n) is 71.8. The highest BCUT2D eigenvalue weighted by molar-refractivity contribution is 6.52. The van der Waals surface area contributed by atoms with E-state index in [1.807, 2.05) is 9.80 Å². The molecule has 612 valence electrons. The fourth-order valence-corrected chi connectivity index (χ4v) is 19.0. The molecule has 4 aliphatic rings. The van der Waals surface area contributed by atoms with E-state index < -0.39 is 0 Å². The molecule has 0 fully saturated rings. The number of anilines is 4. The van der Waals surface area contributed by atoms with Crippen LogP contribution in [-0.2, 0) is 19.2 Å². The van der Waals surface area contributed by atoms with Crippen LogP contribution in [0, 0.1) is 11.8 Å². The van der Waals surface area contributed by atoms with Crippen molar-refractivity contribution in [2.75, 3.05) is 45.8 Å². The molecule has 0 saturated carbocycles. The molecule has 0 aliphatic carbocycles. The number of carbonyl (C=O) groups excluding carboxylic acids is 4. The molecule has 0 saturated heterocycles. The SMILES string of the molecule is CCCCCCCCCCCCC(CCCCCCCCCC)CN1C(=O)/C(=C2\C(=O)N(CCCCCCCCCCCC)c3c2ccc2c4c(ccc32)/C(=C2\C(=O)N(CC(CCCCCCCCCC)CCCCCCCCCCCC)c3ccccc32)C(=O)N4CCCCCCCCCCCC)c2ccccc21. The van der Waals surface area contributed by atoms with Crippen LogP contribution in [0.1, 0.15) is 449 Å². The number of carbonyl (C=O) groups is 4. The standard InChI is InChI=1S/C102H160N4O4/c1-7-13-19-25-31-37-41-47-53-59-69-83(67-57-51-45-35-29-23-17-11-5)81-105-91-73-63-61-71-87(91)93(101(105)109)95-89-77-75-86-85(97(89)103(99(95)107)79-65-55-49-43-39-33-27-21-15-9-3)76-78-90-96(100(108)104(98(86)90)80-66-56-50-44-40-34-28-22-16-10-4)94-88-72-62-64-74-92(88)106(102(94)110)82-84(68-58-52-46-36-30-24-18-12-6)70-60-54-48-42-38-32-26-20-14-8-2/h61-64,71-78,83-84H,7-60,65-70,79-82H2,1-6H3/b95-93-,96-94+. The van der Waals surface area contributed by atoms with E-state index >= 15 is 19.2 Å². The van der Waals surface area contributed by atoms with Crippen molar-refractivity contribution >= 4 is 79.4 Å². The maximum absolute atomic E-state index is 16.2. The van der Waals surface area contributed by atoms with Gasteiger partial charge in [0, 0.05) is 59.2 Å². The highest BCUT2D eigenvalue weighted by Gasteiger charge is 2.46. The van der Waals surface area contributed by atoms with E-state index in [2.05, 4.69) is 124 Å². The summed E-state index contributed by atoms with van der Waals surface area (Å²) in [6, 6.07) is 25.4. The van der Waals surface area contributed by atoms with Gasteiger partial charge in [-0.1, -0.05) is 449 Å². The van der Waals surface area contributed by atoms with Crippen LogP contribution in [0.5, 0.6) is 0 Å². The number of para-hydroxylation sites is 2. The molecule has 2 unspecified atom stereocenters. The first-order valence-corrected chi connectivity index (χ1v) is 47.8. The van der Waals surface area contributed by atoms with Crippen LogP contribution >= 0.6 is 0 Å². The summed E-state index contributed by atoms with van der Waals surface area (Å²) in [4.78, 5) is 72.6. The fraction of sp³-hybridized carbons (Fsp3) is 0.706. The molecule has 0 spiro atoms. The van der Waals surface area contributed by atoms with Crippen LogP contribution in [0.2, 0.25) is 0 Å². The summed E-state index contributed by atoms with van der Waals surface area (Å²) in [5.74, 6) is 0.480. The first-order valence-electron chi connectivity index (χ1n) is 47.8. The van der Waals surface area contributed by atoms with Crippen molar-refractivity contribution in [1.82, 2.24) is 0 Å². The number of fused-ring (bicyclic) bond motifs is 7. The van der Waals surface area contributed by atoms with E-state index in [4.69, 9.17) is 0 Å². The van der Waals surface area contributed by atoms with Gasteiger partial charge >= 0.3 is 0 Å². The van der Waals surface area contributed by atoms with Crippen LogP contribution in [0.3, 0.4) is 0 Å². The maximum atomic E-state index is 16.2. The molecule has 4 aromatic rings. The maximum Gasteiger partial charge on any atom is 0.259 e. The smallest absolute Gasteiger partial charge is 0.259 e. The third-order valence-electron chi connectivity index (χ3n) is 25.7. The zero-order chi connectivity index (χ0) is 77.6. The van der Waals surface area contributed by atoms with E-state index in [-0.39, 0.29) is 23.6 Å². The second kappa shape index (κ2) is 53.5.